The summed E-state index contributed by atoms with van der Waals surface area (Å²) in [6, 6.07) is 4.62. The van der Waals surface area contributed by atoms with Crippen LogP contribution in [0.2, 0.25) is 0 Å². The minimum absolute atomic E-state index is 0.0453. The van der Waals surface area contributed by atoms with Crippen LogP contribution in [0.1, 0.15) is 10.4 Å². The van der Waals surface area contributed by atoms with Gasteiger partial charge in [0, 0.05) is 7.11 Å². The fourth-order valence-corrected chi connectivity index (χ4v) is 2.32. The number of methoxy groups -OCH3 is 1. The summed E-state index contributed by atoms with van der Waals surface area (Å²) in [5, 5.41) is 11.9. The lowest BCUT2D eigenvalue weighted by Crippen LogP contribution is -2.16. The van der Waals surface area contributed by atoms with Crippen molar-refractivity contribution in [3.63, 3.8) is 0 Å². The molecular formula is C11H10N2O4S. The fraction of sp³-hybridized carbons (Fsp3) is 0.182. The van der Waals surface area contributed by atoms with Crippen LogP contribution in [-0.2, 0) is 9.53 Å². The third kappa shape index (κ3) is 2.63. The number of carbonyl (C=O) groups excluding carboxylic acids is 1. The maximum atomic E-state index is 11.3. The number of nitrogens with one attached hydrogen (secondary N) is 1. The molecule has 94 valence electrons. The molecule has 7 heteroatoms. The van der Waals surface area contributed by atoms with Gasteiger partial charge in [0.2, 0.25) is 0 Å². The highest BCUT2D eigenvalue weighted by molar-refractivity contribution is 7.22. The van der Waals surface area contributed by atoms with Crippen molar-refractivity contribution in [3.8, 4) is 0 Å². The van der Waals surface area contributed by atoms with Crippen LogP contribution < -0.4 is 5.32 Å². The zero-order chi connectivity index (χ0) is 13.1. The predicted octanol–water partition coefficient (Wildman–Crippen LogP) is 1.58. The van der Waals surface area contributed by atoms with E-state index < -0.39 is 5.97 Å². The summed E-state index contributed by atoms with van der Waals surface area (Å²) in [7, 11) is 1.43. The number of rotatable bonds is 4. The molecule has 0 radical (unpaired) electrons. The van der Waals surface area contributed by atoms with Gasteiger partial charge in [0.1, 0.15) is 6.61 Å². The topological polar surface area (TPSA) is 88.5 Å². The van der Waals surface area contributed by atoms with Crippen LogP contribution in [0.4, 0.5) is 5.13 Å². The summed E-state index contributed by atoms with van der Waals surface area (Å²) in [6.45, 7) is -0.0453. The number of amides is 1. The van der Waals surface area contributed by atoms with Gasteiger partial charge >= 0.3 is 5.97 Å². The molecule has 0 aliphatic heterocycles. The van der Waals surface area contributed by atoms with Gasteiger partial charge in [-0.25, -0.2) is 9.78 Å². The van der Waals surface area contributed by atoms with Gasteiger partial charge in [-0.15, -0.1) is 0 Å². The number of hydrogen-bond acceptors (Lipinski definition) is 5. The molecule has 1 amide bonds. The normalized spacial score (nSPS) is 10.5. The Morgan fingerprint density at radius 3 is 2.94 bits per heavy atom. The van der Waals surface area contributed by atoms with Crippen molar-refractivity contribution in [1.29, 1.82) is 0 Å². The average Bonchev–Trinajstić information content (AvgIpc) is 2.69. The summed E-state index contributed by atoms with van der Waals surface area (Å²) < 4.78 is 5.40. The first-order valence-corrected chi connectivity index (χ1v) is 5.84. The molecule has 1 aromatic carbocycles. The van der Waals surface area contributed by atoms with Crippen LogP contribution in [0, 0.1) is 0 Å². The first-order chi connectivity index (χ1) is 8.60. The van der Waals surface area contributed by atoms with Gasteiger partial charge in [-0.2, -0.15) is 0 Å². The van der Waals surface area contributed by atoms with E-state index in [1.807, 2.05) is 0 Å². The number of anilines is 1. The Balaban J connectivity index is 2.27. The first-order valence-electron chi connectivity index (χ1n) is 5.03. The summed E-state index contributed by atoms with van der Waals surface area (Å²) in [4.78, 5) is 26.3. The number of benzene rings is 1. The Kier molecular flexibility index (Phi) is 3.54. The van der Waals surface area contributed by atoms with Crippen molar-refractivity contribution in [1.82, 2.24) is 4.98 Å². The quantitative estimate of drug-likeness (QED) is 0.877. The molecule has 1 aromatic heterocycles. The lowest BCUT2D eigenvalue weighted by atomic mass is 10.2. The van der Waals surface area contributed by atoms with E-state index in [1.165, 1.54) is 30.6 Å². The van der Waals surface area contributed by atoms with E-state index >= 15 is 0 Å². The zero-order valence-electron chi connectivity index (χ0n) is 9.47. The third-order valence-electron chi connectivity index (χ3n) is 2.16. The van der Waals surface area contributed by atoms with E-state index in [4.69, 9.17) is 5.11 Å². The van der Waals surface area contributed by atoms with E-state index in [1.54, 1.807) is 6.07 Å². The molecule has 0 atom stereocenters. The molecule has 1 heterocycles. The van der Waals surface area contributed by atoms with Crippen molar-refractivity contribution in [2.45, 2.75) is 0 Å². The van der Waals surface area contributed by atoms with Crippen LogP contribution in [0.25, 0.3) is 10.2 Å². The van der Waals surface area contributed by atoms with E-state index in [2.05, 4.69) is 15.0 Å². The van der Waals surface area contributed by atoms with E-state index in [-0.39, 0.29) is 18.1 Å². The highest BCUT2D eigenvalue weighted by Gasteiger charge is 2.10. The van der Waals surface area contributed by atoms with Crippen LogP contribution in [-0.4, -0.2) is 35.7 Å². The summed E-state index contributed by atoms with van der Waals surface area (Å²) in [5.74, 6) is -1.29. The van der Waals surface area contributed by atoms with Crippen LogP contribution in [0.15, 0.2) is 18.2 Å². The van der Waals surface area contributed by atoms with Gasteiger partial charge in [-0.1, -0.05) is 11.3 Å². The minimum atomic E-state index is -0.990. The average molecular weight is 266 g/mol. The number of carboxylic acid groups (broad SMARTS) is 1. The molecule has 0 spiro atoms. The molecule has 6 nitrogen and oxygen atoms in total. The smallest absolute Gasteiger partial charge is 0.335 e. The summed E-state index contributed by atoms with van der Waals surface area (Å²) >= 11 is 1.22. The molecule has 2 rings (SSSR count). The van der Waals surface area contributed by atoms with Crippen molar-refractivity contribution in [3.05, 3.63) is 23.8 Å². The Morgan fingerprint density at radius 2 is 2.28 bits per heavy atom. The van der Waals surface area contributed by atoms with Gasteiger partial charge in [-0.05, 0) is 18.2 Å². The number of hydrogen-bond donors (Lipinski definition) is 2. The van der Waals surface area contributed by atoms with Crippen molar-refractivity contribution < 1.29 is 19.4 Å². The highest BCUT2D eigenvalue weighted by Crippen LogP contribution is 2.26. The fourth-order valence-electron chi connectivity index (χ4n) is 1.40. The third-order valence-corrected chi connectivity index (χ3v) is 3.09. The van der Waals surface area contributed by atoms with E-state index in [9.17, 15) is 9.59 Å². The molecule has 0 saturated heterocycles. The van der Waals surface area contributed by atoms with Crippen LogP contribution in [0.5, 0.6) is 0 Å². The Hall–Kier alpha value is -1.99. The lowest BCUT2D eigenvalue weighted by molar-refractivity contribution is -0.119. The van der Waals surface area contributed by atoms with E-state index in [0.29, 0.717) is 15.3 Å². The van der Waals surface area contributed by atoms with Gasteiger partial charge < -0.3 is 9.84 Å². The zero-order valence-corrected chi connectivity index (χ0v) is 10.3. The first kappa shape index (κ1) is 12.5. The summed E-state index contributed by atoms with van der Waals surface area (Å²) in [5.41, 5.74) is 0.846. The molecule has 0 fully saturated rings. The second kappa shape index (κ2) is 5.11. The largest absolute Gasteiger partial charge is 0.478 e. The molecular weight excluding hydrogens is 256 g/mol. The second-order valence-electron chi connectivity index (χ2n) is 3.49. The molecule has 0 unspecified atom stereocenters. The molecule has 0 aliphatic rings. The van der Waals surface area contributed by atoms with Gasteiger partial charge in [-0.3, -0.25) is 10.1 Å². The SMILES string of the molecule is COCC(=O)Nc1nc2ccc(C(=O)O)cc2s1. The molecule has 2 N–H and O–H groups in total. The van der Waals surface area contributed by atoms with Gasteiger partial charge in [0.25, 0.3) is 5.91 Å². The highest BCUT2D eigenvalue weighted by atomic mass is 32.1. The van der Waals surface area contributed by atoms with Crippen molar-refractivity contribution in [2.75, 3.05) is 19.0 Å². The van der Waals surface area contributed by atoms with Crippen molar-refractivity contribution >= 4 is 38.6 Å². The maximum Gasteiger partial charge on any atom is 0.335 e. The standard InChI is InChI=1S/C11H10N2O4S/c1-17-5-9(14)13-11-12-7-3-2-6(10(15)16)4-8(7)18-11/h2-4H,5H2,1H3,(H,15,16)(H,12,13,14). The molecule has 0 saturated carbocycles. The number of carboxylic acids is 1. The molecule has 18 heavy (non-hydrogen) atoms. The number of nitrogens with zero attached hydrogens (tertiary/aromatic N) is 1. The number of carbonyl (C=O) groups is 2. The monoisotopic (exact) mass is 266 g/mol. The number of aromatic carboxylic acids is 1. The molecule has 0 bridgehead atoms. The predicted molar refractivity (Wildman–Crippen MR) is 67.1 cm³/mol. The number of ether oxygens (including phenoxy) is 1. The summed E-state index contributed by atoms with van der Waals surface area (Å²) in [6.07, 6.45) is 0. The number of thiazole rings is 1. The molecule has 0 aliphatic carbocycles. The number of fused-ring (bicyclic) bond motifs is 1. The minimum Gasteiger partial charge on any atom is -0.478 e. The van der Waals surface area contributed by atoms with Gasteiger partial charge in [0.05, 0.1) is 15.8 Å². The Bertz CT molecular complexity index is 608. The molecule has 2 aromatic rings. The maximum absolute atomic E-state index is 11.3. The van der Waals surface area contributed by atoms with E-state index in [0.717, 1.165) is 0 Å². The van der Waals surface area contributed by atoms with Crippen molar-refractivity contribution in [2.24, 2.45) is 0 Å². The Morgan fingerprint density at radius 1 is 1.50 bits per heavy atom. The number of aromatic nitrogens is 1. The van der Waals surface area contributed by atoms with Crippen LogP contribution in [0.3, 0.4) is 0 Å². The van der Waals surface area contributed by atoms with Gasteiger partial charge in [0.15, 0.2) is 5.13 Å². The Labute approximate surface area is 106 Å². The second-order valence-corrected chi connectivity index (χ2v) is 4.52. The lowest BCUT2D eigenvalue weighted by Gasteiger charge is -1.98. The van der Waals surface area contributed by atoms with Crippen LogP contribution >= 0.6 is 11.3 Å².